The van der Waals surface area contributed by atoms with Gasteiger partial charge in [0, 0.05) is 18.1 Å². The van der Waals surface area contributed by atoms with Gasteiger partial charge in [-0.3, -0.25) is 0 Å². The average molecular weight is 329 g/mol. The molecule has 1 aromatic carbocycles. The van der Waals surface area contributed by atoms with Crippen molar-refractivity contribution in [2.24, 2.45) is 5.73 Å². The van der Waals surface area contributed by atoms with E-state index in [4.69, 9.17) is 10.5 Å². The maximum atomic E-state index is 14.0. The maximum absolute atomic E-state index is 14.0. The number of hydrogen-bond acceptors (Lipinski definition) is 4. The number of benzene rings is 1. The lowest BCUT2D eigenvalue weighted by Gasteiger charge is -2.09. The molecule has 0 aliphatic rings. The van der Waals surface area contributed by atoms with Crippen LogP contribution in [0.5, 0.6) is 0 Å². The van der Waals surface area contributed by atoms with Crippen LogP contribution in [0.25, 0.3) is 11.4 Å². The molecule has 0 atom stereocenters. The van der Waals surface area contributed by atoms with Crippen LogP contribution in [0.4, 0.5) is 4.39 Å². The van der Waals surface area contributed by atoms with Crippen LogP contribution in [0.15, 0.2) is 22.7 Å². The fourth-order valence-electron chi connectivity index (χ4n) is 1.77. The van der Waals surface area contributed by atoms with Crippen LogP contribution >= 0.6 is 15.9 Å². The zero-order valence-corrected chi connectivity index (χ0v) is 12.0. The van der Waals surface area contributed by atoms with Gasteiger partial charge in [0.1, 0.15) is 11.6 Å². The van der Waals surface area contributed by atoms with E-state index in [0.29, 0.717) is 34.8 Å². The fraction of sp³-hybridized carbons (Fsp3) is 0.333. The van der Waals surface area contributed by atoms with Crippen molar-refractivity contribution in [3.8, 4) is 11.4 Å². The molecule has 102 valence electrons. The summed E-state index contributed by atoms with van der Waals surface area (Å²) in [6.07, 6.45) is 0. The molecule has 0 saturated carbocycles. The number of hydrogen-bond donors (Lipinski definition) is 1. The zero-order valence-electron chi connectivity index (χ0n) is 10.4. The number of aromatic nitrogens is 3. The predicted octanol–water partition coefficient (Wildman–Crippen LogP) is 1.95. The Kier molecular flexibility index (Phi) is 4.62. The van der Waals surface area contributed by atoms with Crippen LogP contribution in [-0.2, 0) is 17.8 Å². The molecule has 7 heteroatoms. The molecule has 5 nitrogen and oxygen atoms in total. The number of methoxy groups -OCH3 is 1. The second kappa shape index (κ2) is 6.23. The third-order valence-electron chi connectivity index (χ3n) is 2.70. The first-order chi connectivity index (χ1) is 9.17. The van der Waals surface area contributed by atoms with Gasteiger partial charge in [-0.2, -0.15) is 0 Å². The van der Waals surface area contributed by atoms with Gasteiger partial charge in [0.05, 0.1) is 18.7 Å². The second-order valence-electron chi connectivity index (χ2n) is 3.91. The summed E-state index contributed by atoms with van der Waals surface area (Å²) in [5.74, 6) is 0.709. The van der Waals surface area contributed by atoms with E-state index in [9.17, 15) is 4.39 Å². The summed E-state index contributed by atoms with van der Waals surface area (Å²) < 4.78 is 21.5. The average Bonchev–Trinajstić information content (AvgIpc) is 2.79. The molecular weight excluding hydrogens is 315 g/mol. The third kappa shape index (κ3) is 2.99. The quantitative estimate of drug-likeness (QED) is 0.911. The minimum absolute atomic E-state index is 0.245. The summed E-state index contributed by atoms with van der Waals surface area (Å²) >= 11 is 3.23. The van der Waals surface area contributed by atoms with Gasteiger partial charge in [-0.05, 0) is 18.2 Å². The normalized spacial score (nSPS) is 10.9. The molecule has 0 bridgehead atoms. The second-order valence-corrected chi connectivity index (χ2v) is 4.83. The largest absolute Gasteiger partial charge is 0.383 e. The highest BCUT2D eigenvalue weighted by Gasteiger charge is 2.16. The number of halogens is 2. The lowest BCUT2D eigenvalue weighted by Crippen LogP contribution is -2.13. The first-order valence-corrected chi connectivity index (χ1v) is 6.53. The van der Waals surface area contributed by atoms with E-state index in [1.165, 1.54) is 6.07 Å². The van der Waals surface area contributed by atoms with Gasteiger partial charge in [-0.1, -0.05) is 15.9 Å². The van der Waals surface area contributed by atoms with E-state index >= 15 is 0 Å². The molecule has 0 saturated heterocycles. The van der Waals surface area contributed by atoms with Crippen molar-refractivity contribution < 1.29 is 9.13 Å². The molecule has 0 radical (unpaired) electrons. The standard InChI is InChI=1S/C12H14BrFN4O/c1-19-5-4-18-11(7-15)16-17-12(18)9-3-2-8(13)6-10(9)14/h2-3,6H,4-5,7,15H2,1H3. The van der Waals surface area contributed by atoms with Crippen molar-refractivity contribution >= 4 is 15.9 Å². The predicted molar refractivity (Wildman–Crippen MR) is 72.9 cm³/mol. The van der Waals surface area contributed by atoms with Crippen molar-refractivity contribution in [3.63, 3.8) is 0 Å². The first kappa shape index (κ1) is 14.1. The Balaban J connectivity index is 2.46. The number of ether oxygens (including phenoxy) is 1. The van der Waals surface area contributed by atoms with Crippen molar-refractivity contribution in [1.82, 2.24) is 14.8 Å². The summed E-state index contributed by atoms with van der Waals surface area (Å²) in [6.45, 7) is 1.26. The third-order valence-corrected chi connectivity index (χ3v) is 3.19. The Hall–Kier alpha value is -1.31. The van der Waals surface area contributed by atoms with Gasteiger partial charge >= 0.3 is 0 Å². The van der Waals surface area contributed by atoms with E-state index < -0.39 is 0 Å². The van der Waals surface area contributed by atoms with Gasteiger partial charge in [0.15, 0.2) is 5.82 Å². The lowest BCUT2D eigenvalue weighted by atomic mass is 10.2. The molecule has 2 rings (SSSR count). The van der Waals surface area contributed by atoms with Gasteiger partial charge in [-0.25, -0.2) is 4.39 Å². The Labute approximate surface area is 118 Å². The van der Waals surface area contributed by atoms with Gasteiger partial charge in [0.25, 0.3) is 0 Å². The van der Waals surface area contributed by atoms with Crippen LogP contribution in [0.3, 0.4) is 0 Å². The van der Waals surface area contributed by atoms with Crippen LogP contribution < -0.4 is 5.73 Å². The summed E-state index contributed by atoms with van der Waals surface area (Å²) in [7, 11) is 1.60. The highest BCUT2D eigenvalue weighted by Crippen LogP contribution is 2.24. The lowest BCUT2D eigenvalue weighted by molar-refractivity contribution is 0.186. The van der Waals surface area contributed by atoms with E-state index in [2.05, 4.69) is 26.1 Å². The summed E-state index contributed by atoms with van der Waals surface area (Å²) in [6, 6.07) is 4.82. The highest BCUT2D eigenvalue weighted by atomic mass is 79.9. The van der Waals surface area contributed by atoms with Crippen LogP contribution in [0.1, 0.15) is 5.82 Å². The van der Waals surface area contributed by atoms with Crippen molar-refractivity contribution in [1.29, 1.82) is 0 Å². The smallest absolute Gasteiger partial charge is 0.167 e. The number of rotatable bonds is 5. The molecule has 0 fully saturated rings. The van der Waals surface area contributed by atoms with E-state index in [-0.39, 0.29) is 12.4 Å². The monoisotopic (exact) mass is 328 g/mol. The number of nitrogens with two attached hydrogens (primary N) is 1. The van der Waals surface area contributed by atoms with E-state index in [1.54, 1.807) is 23.8 Å². The van der Waals surface area contributed by atoms with Crippen LogP contribution in [-0.4, -0.2) is 28.5 Å². The van der Waals surface area contributed by atoms with Gasteiger partial charge in [-0.15, -0.1) is 10.2 Å². The molecular formula is C12H14BrFN4O. The molecule has 0 amide bonds. The molecule has 0 aliphatic heterocycles. The SMILES string of the molecule is COCCn1c(CN)nnc1-c1ccc(Br)cc1F. The van der Waals surface area contributed by atoms with Gasteiger partial charge < -0.3 is 15.0 Å². The topological polar surface area (TPSA) is 66.0 Å². The van der Waals surface area contributed by atoms with Crippen molar-refractivity contribution in [3.05, 3.63) is 34.3 Å². The van der Waals surface area contributed by atoms with Gasteiger partial charge in [0.2, 0.25) is 0 Å². The molecule has 2 N–H and O–H groups in total. The molecule has 0 spiro atoms. The minimum Gasteiger partial charge on any atom is -0.383 e. The number of nitrogens with zero attached hydrogens (tertiary/aromatic N) is 3. The molecule has 0 unspecified atom stereocenters. The minimum atomic E-state index is -0.357. The molecule has 1 aromatic heterocycles. The van der Waals surface area contributed by atoms with Crippen LogP contribution in [0, 0.1) is 5.82 Å². The molecule has 1 heterocycles. The van der Waals surface area contributed by atoms with Crippen LogP contribution in [0.2, 0.25) is 0 Å². The summed E-state index contributed by atoms with van der Waals surface area (Å²) in [4.78, 5) is 0. The molecule has 19 heavy (non-hydrogen) atoms. The first-order valence-electron chi connectivity index (χ1n) is 5.74. The Morgan fingerprint density at radius 2 is 2.21 bits per heavy atom. The Morgan fingerprint density at radius 1 is 1.42 bits per heavy atom. The van der Waals surface area contributed by atoms with Crippen molar-refractivity contribution in [2.45, 2.75) is 13.1 Å². The van der Waals surface area contributed by atoms with E-state index in [1.807, 2.05) is 0 Å². The Morgan fingerprint density at radius 3 is 2.84 bits per heavy atom. The van der Waals surface area contributed by atoms with Crippen molar-refractivity contribution in [2.75, 3.05) is 13.7 Å². The fourth-order valence-corrected chi connectivity index (χ4v) is 2.11. The maximum Gasteiger partial charge on any atom is 0.167 e. The Bertz CT molecular complexity index is 573. The van der Waals surface area contributed by atoms with E-state index in [0.717, 1.165) is 0 Å². The zero-order chi connectivity index (χ0) is 13.8. The molecule has 0 aliphatic carbocycles. The highest BCUT2D eigenvalue weighted by molar-refractivity contribution is 9.10. The summed E-state index contributed by atoms with van der Waals surface area (Å²) in [5, 5.41) is 8.00. The molecule has 2 aromatic rings. The summed E-state index contributed by atoms with van der Waals surface area (Å²) in [5.41, 5.74) is 6.01.